The molecule has 4 aromatic rings. The van der Waals surface area contributed by atoms with Crippen molar-refractivity contribution in [3.63, 3.8) is 0 Å². The molecule has 1 aliphatic heterocycles. The summed E-state index contributed by atoms with van der Waals surface area (Å²) in [5.41, 5.74) is 0.585. The number of nitrogens with zero attached hydrogens (tertiary/aromatic N) is 2. The van der Waals surface area contributed by atoms with Gasteiger partial charge in [0.2, 0.25) is 0 Å². The molecule has 1 unspecified atom stereocenters. The zero-order valence-corrected chi connectivity index (χ0v) is 18.6. The van der Waals surface area contributed by atoms with Crippen molar-refractivity contribution in [2.75, 3.05) is 4.90 Å². The van der Waals surface area contributed by atoms with Gasteiger partial charge < -0.3 is 10.2 Å². The molecule has 1 saturated heterocycles. The highest BCUT2D eigenvalue weighted by atomic mass is 35.5. The van der Waals surface area contributed by atoms with Gasteiger partial charge in [-0.25, -0.2) is 13.8 Å². The predicted octanol–water partition coefficient (Wildman–Crippen LogP) is 5.56. The fourth-order valence-electron chi connectivity index (χ4n) is 3.78. The van der Waals surface area contributed by atoms with Gasteiger partial charge in [0.15, 0.2) is 16.8 Å². The summed E-state index contributed by atoms with van der Waals surface area (Å²) in [4.78, 5) is 31.6. The Labute approximate surface area is 200 Å². The molecular formula is C24H13ClF2N2O4S. The maximum atomic E-state index is 13.7. The lowest BCUT2D eigenvalue weighted by molar-refractivity contribution is -0.132. The Hall–Kier alpha value is -3.82. The highest BCUT2D eigenvalue weighted by Gasteiger charge is 2.48. The quantitative estimate of drug-likeness (QED) is 0.219. The van der Waals surface area contributed by atoms with E-state index in [1.165, 1.54) is 48.5 Å². The minimum atomic E-state index is -1.11. The Morgan fingerprint density at radius 2 is 1.65 bits per heavy atom. The lowest BCUT2D eigenvalue weighted by atomic mass is 9.95. The second kappa shape index (κ2) is 8.19. The number of phenolic OH excluding ortho intramolecular Hbond substituents is 1. The topological polar surface area (TPSA) is 90.7 Å². The third-order valence-corrected chi connectivity index (χ3v) is 6.67. The van der Waals surface area contributed by atoms with Crippen molar-refractivity contribution in [3.8, 4) is 5.75 Å². The van der Waals surface area contributed by atoms with Gasteiger partial charge >= 0.3 is 5.91 Å². The summed E-state index contributed by atoms with van der Waals surface area (Å²) in [6.45, 7) is 0. The van der Waals surface area contributed by atoms with Crippen molar-refractivity contribution in [3.05, 3.63) is 94.0 Å². The number of aromatic nitrogens is 1. The van der Waals surface area contributed by atoms with Crippen molar-refractivity contribution in [1.82, 2.24) is 4.98 Å². The van der Waals surface area contributed by atoms with Crippen molar-refractivity contribution in [2.45, 2.75) is 6.04 Å². The van der Waals surface area contributed by atoms with Gasteiger partial charge in [-0.15, -0.1) is 0 Å². The van der Waals surface area contributed by atoms with E-state index in [0.29, 0.717) is 10.6 Å². The molecule has 0 aliphatic carbocycles. The number of ketones is 1. The van der Waals surface area contributed by atoms with Gasteiger partial charge in [-0.05, 0) is 48.0 Å². The van der Waals surface area contributed by atoms with Crippen LogP contribution in [0.15, 0.2) is 66.2 Å². The number of aromatic hydroxyl groups is 1. The molecule has 0 saturated carbocycles. The predicted molar refractivity (Wildman–Crippen MR) is 124 cm³/mol. The third kappa shape index (κ3) is 3.59. The molecule has 3 aromatic carbocycles. The number of anilines is 1. The highest BCUT2D eigenvalue weighted by Crippen LogP contribution is 2.44. The van der Waals surface area contributed by atoms with Gasteiger partial charge in [-0.2, -0.15) is 0 Å². The minimum Gasteiger partial charge on any atom is -0.508 e. The van der Waals surface area contributed by atoms with Crippen molar-refractivity contribution in [2.24, 2.45) is 0 Å². The number of aliphatic hydroxyl groups is 1. The third-order valence-electron chi connectivity index (χ3n) is 5.40. The van der Waals surface area contributed by atoms with E-state index in [0.717, 1.165) is 28.4 Å². The van der Waals surface area contributed by atoms with Gasteiger partial charge in [0.1, 0.15) is 11.5 Å². The minimum absolute atomic E-state index is 0.0235. The number of rotatable bonds is 3. The number of Topliss-reactive ketones (excluding diaryl/α,β-unsaturated/α-hetero) is 1. The van der Waals surface area contributed by atoms with Crippen LogP contribution in [-0.2, 0) is 9.59 Å². The number of thiazole rings is 1. The molecule has 1 atom stereocenters. The standard InChI is InChI=1S/C24H13ClF2N2O4S/c25-13-5-1-12(2-6-13)21(31)19-20(11-3-7-14(30)8-4-11)29(23(33)22(19)32)24-28-17-9-15(26)16(27)10-18(17)34-24/h1-10,20,30-31H/b21-19+. The van der Waals surface area contributed by atoms with Crippen molar-refractivity contribution >= 4 is 55.7 Å². The van der Waals surface area contributed by atoms with Crippen LogP contribution in [0, 0.1) is 11.6 Å². The Morgan fingerprint density at radius 1 is 1.00 bits per heavy atom. The molecule has 2 N–H and O–H groups in total. The summed E-state index contributed by atoms with van der Waals surface area (Å²) >= 11 is 6.82. The van der Waals surface area contributed by atoms with E-state index in [2.05, 4.69) is 4.98 Å². The fraction of sp³-hybridized carbons (Fsp3) is 0.0417. The summed E-state index contributed by atoms with van der Waals surface area (Å²) in [5, 5.41) is 21.2. The number of fused-ring (bicyclic) bond motifs is 1. The zero-order valence-electron chi connectivity index (χ0n) is 17.0. The number of carbonyl (C=O) groups is 2. The molecule has 34 heavy (non-hydrogen) atoms. The van der Waals surface area contributed by atoms with Gasteiger partial charge in [0, 0.05) is 16.7 Å². The molecule has 1 amide bonds. The van der Waals surface area contributed by atoms with Gasteiger partial charge in [0.25, 0.3) is 5.78 Å². The van der Waals surface area contributed by atoms with E-state index in [4.69, 9.17) is 11.6 Å². The van der Waals surface area contributed by atoms with Crippen LogP contribution in [0.1, 0.15) is 17.2 Å². The van der Waals surface area contributed by atoms with Gasteiger partial charge in [-0.3, -0.25) is 14.5 Å². The molecule has 1 fully saturated rings. The lowest BCUT2D eigenvalue weighted by Crippen LogP contribution is -2.29. The summed E-state index contributed by atoms with van der Waals surface area (Å²) in [6.07, 6.45) is 0. The van der Waals surface area contributed by atoms with Crippen molar-refractivity contribution in [1.29, 1.82) is 0 Å². The number of carbonyl (C=O) groups excluding carboxylic acids is 2. The normalized spacial score (nSPS) is 17.6. The number of halogens is 3. The van der Waals surface area contributed by atoms with E-state index in [1.807, 2.05) is 0 Å². The second-order valence-corrected chi connectivity index (χ2v) is 8.94. The van der Waals surface area contributed by atoms with E-state index in [1.54, 1.807) is 0 Å². The molecule has 0 bridgehead atoms. The van der Waals surface area contributed by atoms with E-state index in [9.17, 15) is 28.6 Å². The summed E-state index contributed by atoms with van der Waals surface area (Å²) in [7, 11) is 0. The molecule has 1 aliphatic rings. The van der Waals surface area contributed by atoms with Crippen LogP contribution in [0.4, 0.5) is 13.9 Å². The number of phenols is 1. The van der Waals surface area contributed by atoms with Crippen molar-refractivity contribution < 1.29 is 28.6 Å². The van der Waals surface area contributed by atoms with E-state index < -0.39 is 35.1 Å². The maximum Gasteiger partial charge on any atom is 0.301 e. The summed E-state index contributed by atoms with van der Waals surface area (Å²) in [6, 6.07) is 12.6. The number of aliphatic hydroxyl groups excluding tert-OH is 1. The van der Waals surface area contributed by atoms with Crippen LogP contribution in [-0.4, -0.2) is 26.9 Å². The molecule has 0 spiro atoms. The van der Waals surface area contributed by atoms with E-state index >= 15 is 0 Å². The number of amides is 1. The fourth-order valence-corrected chi connectivity index (χ4v) is 4.90. The van der Waals surface area contributed by atoms with E-state index in [-0.39, 0.29) is 32.2 Å². The first-order valence-corrected chi connectivity index (χ1v) is 11.1. The van der Waals surface area contributed by atoms with Crippen LogP contribution in [0.25, 0.3) is 16.0 Å². The Balaban J connectivity index is 1.73. The van der Waals surface area contributed by atoms with Gasteiger partial charge in [-0.1, -0.05) is 35.1 Å². The van der Waals surface area contributed by atoms with Crippen LogP contribution < -0.4 is 4.90 Å². The van der Waals surface area contributed by atoms with Crippen LogP contribution >= 0.6 is 22.9 Å². The lowest BCUT2D eigenvalue weighted by Gasteiger charge is -2.23. The largest absolute Gasteiger partial charge is 0.508 e. The molecule has 1 aromatic heterocycles. The van der Waals surface area contributed by atoms with Crippen LogP contribution in [0.5, 0.6) is 5.75 Å². The molecule has 0 radical (unpaired) electrons. The zero-order chi connectivity index (χ0) is 24.1. The SMILES string of the molecule is O=C1C(=O)N(c2nc3cc(F)c(F)cc3s2)C(c2ccc(O)cc2)/C1=C(\O)c1ccc(Cl)cc1. The Morgan fingerprint density at radius 3 is 2.32 bits per heavy atom. The molecule has 2 heterocycles. The molecule has 10 heteroatoms. The average molecular weight is 499 g/mol. The number of hydrogen-bond acceptors (Lipinski definition) is 6. The monoisotopic (exact) mass is 498 g/mol. The summed E-state index contributed by atoms with van der Waals surface area (Å²) in [5.74, 6) is -4.54. The molecule has 5 rings (SSSR count). The van der Waals surface area contributed by atoms with Crippen LogP contribution in [0.2, 0.25) is 5.02 Å². The first kappa shape index (κ1) is 22.0. The maximum absolute atomic E-state index is 13.7. The highest BCUT2D eigenvalue weighted by molar-refractivity contribution is 7.22. The molecule has 6 nitrogen and oxygen atoms in total. The Bertz CT molecular complexity index is 1460. The first-order valence-electron chi connectivity index (χ1n) is 9.86. The van der Waals surface area contributed by atoms with Gasteiger partial charge in [0.05, 0.1) is 21.8 Å². The summed E-state index contributed by atoms with van der Waals surface area (Å²) < 4.78 is 27.7. The second-order valence-electron chi connectivity index (χ2n) is 7.50. The average Bonchev–Trinajstić information content (AvgIpc) is 3.32. The molecular weight excluding hydrogens is 486 g/mol. The number of benzene rings is 3. The Kier molecular flexibility index (Phi) is 5.30. The number of hydrogen-bond donors (Lipinski definition) is 2. The molecule has 170 valence electrons. The van der Waals surface area contributed by atoms with Crippen LogP contribution in [0.3, 0.4) is 0 Å². The smallest absolute Gasteiger partial charge is 0.301 e. The first-order chi connectivity index (χ1) is 16.2.